The fourth-order valence-electron chi connectivity index (χ4n) is 3.47. The van der Waals surface area contributed by atoms with Crippen LogP contribution >= 0.6 is 31.9 Å². The average Bonchev–Trinajstić information content (AvgIpc) is 3.12. The number of furan rings is 1. The summed E-state index contributed by atoms with van der Waals surface area (Å²) in [6, 6.07) is 8.43. The number of phenols is 1. The lowest BCUT2D eigenvalue weighted by atomic mass is 9.98. The second kappa shape index (κ2) is 11.0. The lowest BCUT2D eigenvalue weighted by Crippen LogP contribution is -2.10. The maximum absolute atomic E-state index is 13.5. The van der Waals surface area contributed by atoms with E-state index in [4.69, 9.17) is 14.9 Å². The molecule has 0 saturated heterocycles. The molecule has 1 aromatic heterocycles. The molecule has 0 fully saturated rings. The second-order valence-electron chi connectivity index (χ2n) is 7.74. The maximum atomic E-state index is 13.5. The van der Waals surface area contributed by atoms with Gasteiger partial charge in [-0.05, 0) is 69.0 Å². The van der Waals surface area contributed by atoms with E-state index < -0.39 is 5.91 Å². The van der Waals surface area contributed by atoms with E-state index in [0.717, 1.165) is 19.3 Å². The molecule has 0 unspecified atom stereocenters. The van der Waals surface area contributed by atoms with Crippen LogP contribution in [0.1, 0.15) is 60.7 Å². The first-order chi connectivity index (χ1) is 15.7. The first kappa shape index (κ1) is 25.1. The third kappa shape index (κ3) is 6.06. The number of allylic oxidation sites excluding steroid dienone is 1. The molecule has 8 heteroatoms. The summed E-state index contributed by atoms with van der Waals surface area (Å²) in [6.07, 6.45) is 3.81. The quantitative estimate of drug-likeness (QED) is 0.193. The van der Waals surface area contributed by atoms with E-state index >= 15 is 0 Å². The Labute approximate surface area is 209 Å². The van der Waals surface area contributed by atoms with Crippen LogP contribution in [0.25, 0.3) is 11.0 Å². The zero-order valence-electron chi connectivity index (χ0n) is 18.2. The lowest BCUT2D eigenvalue weighted by molar-refractivity contribution is -0.118. The number of fused-ring (bicyclic) bond motifs is 1. The molecule has 3 rings (SSSR count). The highest BCUT2D eigenvalue weighted by atomic mass is 79.9. The Balaban J connectivity index is 2.02. The molecule has 0 saturated carbocycles. The summed E-state index contributed by atoms with van der Waals surface area (Å²) in [5, 5.41) is 10.6. The van der Waals surface area contributed by atoms with Crippen molar-refractivity contribution in [3.63, 3.8) is 0 Å². The first-order valence-electron chi connectivity index (χ1n) is 10.6. The topological polar surface area (TPSA) is 103 Å². The fraction of sp³-hybridized carbons (Fsp3) is 0.280. The van der Waals surface area contributed by atoms with E-state index in [1.54, 1.807) is 30.3 Å². The molecule has 0 bridgehead atoms. The Morgan fingerprint density at radius 2 is 1.82 bits per heavy atom. The molecule has 1 amide bonds. The molecular weight excluding hydrogens is 554 g/mol. The van der Waals surface area contributed by atoms with Gasteiger partial charge in [-0.1, -0.05) is 19.9 Å². The highest BCUT2D eigenvalue weighted by molar-refractivity contribution is 9.11. The van der Waals surface area contributed by atoms with E-state index in [1.165, 1.54) is 0 Å². The van der Waals surface area contributed by atoms with Crippen LogP contribution < -0.4 is 10.5 Å². The third-order valence-corrected chi connectivity index (χ3v) is 6.35. The summed E-state index contributed by atoms with van der Waals surface area (Å²) in [7, 11) is 0. The van der Waals surface area contributed by atoms with Crippen molar-refractivity contribution < 1.29 is 23.8 Å². The SMILES string of the molecule is C=C(CCCC)Oc1ccc2c(C(=O)c3cc(Br)c(O)c(Br)c3)c(CCCC(N)=O)oc2c1. The number of phenolic OH excluding ortho intramolecular Hbond substituents is 1. The van der Waals surface area contributed by atoms with Crippen LogP contribution in [0.5, 0.6) is 11.5 Å². The predicted octanol–water partition coefficient (Wildman–Crippen LogP) is 6.79. The number of aryl methyl sites for hydroxylation is 1. The summed E-state index contributed by atoms with van der Waals surface area (Å²) in [5.74, 6) is 1.06. The number of benzene rings is 2. The highest BCUT2D eigenvalue weighted by Crippen LogP contribution is 2.37. The number of unbranched alkanes of at least 4 members (excludes halogenated alkanes) is 1. The van der Waals surface area contributed by atoms with E-state index in [-0.39, 0.29) is 18.0 Å². The number of aromatic hydroxyl groups is 1. The predicted molar refractivity (Wildman–Crippen MR) is 135 cm³/mol. The van der Waals surface area contributed by atoms with Gasteiger partial charge in [0.25, 0.3) is 0 Å². The molecule has 0 spiro atoms. The van der Waals surface area contributed by atoms with Gasteiger partial charge < -0.3 is 20.0 Å². The van der Waals surface area contributed by atoms with Crippen LogP contribution in [0.4, 0.5) is 0 Å². The minimum atomic E-state index is -0.410. The zero-order valence-corrected chi connectivity index (χ0v) is 21.4. The number of carbonyl (C=O) groups excluding carboxylic acids is 2. The number of rotatable bonds is 11. The highest BCUT2D eigenvalue weighted by Gasteiger charge is 2.24. The van der Waals surface area contributed by atoms with Crippen molar-refractivity contribution in [2.24, 2.45) is 5.73 Å². The van der Waals surface area contributed by atoms with Gasteiger partial charge in [-0.2, -0.15) is 0 Å². The van der Waals surface area contributed by atoms with Crippen molar-refractivity contribution in [1.29, 1.82) is 0 Å². The average molecular weight is 579 g/mol. The number of halogens is 2. The van der Waals surface area contributed by atoms with Gasteiger partial charge in [0.2, 0.25) is 5.91 Å². The first-order valence-corrected chi connectivity index (χ1v) is 12.2. The number of amides is 1. The normalized spacial score (nSPS) is 11.0. The Kier molecular flexibility index (Phi) is 8.37. The standard InChI is InChI=1S/C25H25Br2NO5/c1-3-4-6-14(2)32-16-9-10-17-21(13-16)33-20(7-5-8-22(28)29)23(17)24(30)15-11-18(26)25(31)19(27)12-15/h9-13,31H,2-8H2,1H3,(H2,28,29). The van der Waals surface area contributed by atoms with Gasteiger partial charge in [-0.25, -0.2) is 0 Å². The monoisotopic (exact) mass is 577 g/mol. The summed E-state index contributed by atoms with van der Waals surface area (Å²) in [5.41, 5.74) is 6.56. The summed E-state index contributed by atoms with van der Waals surface area (Å²) >= 11 is 6.55. The van der Waals surface area contributed by atoms with Gasteiger partial charge in [0, 0.05) is 36.3 Å². The Morgan fingerprint density at radius 1 is 1.12 bits per heavy atom. The summed E-state index contributed by atoms with van der Waals surface area (Å²) < 4.78 is 12.7. The number of ketones is 1. The van der Waals surface area contributed by atoms with Crippen LogP contribution in [0.2, 0.25) is 0 Å². The summed E-state index contributed by atoms with van der Waals surface area (Å²) in [4.78, 5) is 24.7. The Morgan fingerprint density at radius 3 is 2.45 bits per heavy atom. The molecule has 0 aliphatic rings. The lowest BCUT2D eigenvalue weighted by Gasteiger charge is -2.08. The minimum Gasteiger partial charge on any atom is -0.506 e. The van der Waals surface area contributed by atoms with Crippen molar-refractivity contribution in [1.82, 2.24) is 0 Å². The largest absolute Gasteiger partial charge is 0.506 e. The van der Waals surface area contributed by atoms with E-state index in [1.807, 2.05) is 0 Å². The molecule has 33 heavy (non-hydrogen) atoms. The number of hydrogen-bond donors (Lipinski definition) is 2. The van der Waals surface area contributed by atoms with Gasteiger partial charge in [-0.15, -0.1) is 0 Å². The number of carbonyl (C=O) groups is 2. The zero-order chi connectivity index (χ0) is 24.1. The molecule has 3 aromatic rings. The van der Waals surface area contributed by atoms with E-state index in [0.29, 0.717) is 61.2 Å². The van der Waals surface area contributed by atoms with Crippen molar-refractivity contribution in [3.05, 3.63) is 68.5 Å². The molecule has 3 N–H and O–H groups in total. The maximum Gasteiger partial charge on any atom is 0.217 e. The molecule has 174 valence electrons. The minimum absolute atomic E-state index is 0.00961. The number of nitrogens with two attached hydrogens (primary N) is 1. The van der Waals surface area contributed by atoms with Crippen LogP contribution in [0, 0.1) is 0 Å². The number of primary amides is 1. The molecule has 1 heterocycles. The van der Waals surface area contributed by atoms with Crippen LogP contribution in [0.15, 0.2) is 56.0 Å². The van der Waals surface area contributed by atoms with E-state index in [9.17, 15) is 14.7 Å². The molecule has 6 nitrogen and oxygen atoms in total. The van der Waals surface area contributed by atoms with Gasteiger partial charge in [-0.3, -0.25) is 9.59 Å². The van der Waals surface area contributed by atoms with Gasteiger partial charge in [0.15, 0.2) is 5.78 Å². The number of ether oxygens (including phenoxy) is 1. The van der Waals surface area contributed by atoms with Gasteiger partial charge in [0.05, 0.1) is 20.3 Å². The van der Waals surface area contributed by atoms with Crippen molar-refractivity contribution in [3.8, 4) is 11.5 Å². The van der Waals surface area contributed by atoms with Crippen molar-refractivity contribution in [2.45, 2.75) is 45.4 Å². The van der Waals surface area contributed by atoms with Crippen LogP contribution in [-0.2, 0) is 11.2 Å². The Hall–Kier alpha value is -2.58. The molecular formula is C25H25Br2NO5. The molecule has 0 aliphatic heterocycles. The van der Waals surface area contributed by atoms with Crippen molar-refractivity contribution >= 4 is 54.5 Å². The van der Waals surface area contributed by atoms with Gasteiger partial charge >= 0.3 is 0 Å². The van der Waals surface area contributed by atoms with E-state index in [2.05, 4.69) is 45.4 Å². The molecule has 2 aromatic carbocycles. The fourth-order valence-corrected chi connectivity index (χ4v) is 4.66. The van der Waals surface area contributed by atoms with Crippen molar-refractivity contribution in [2.75, 3.05) is 0 Å². The van der Waals surface area contributed by atoms with Crippen LogP contribution in [-0.4, -0.2) is 16.8 Å². The smallest absolute Gasteiger partial charge is 0.217 e. The third-order valence-electron chi connectivity index (χ3n) is 5.14. The molecule has 0 atom stereocenters. The second-order valence-corrected chi connectivity index (χ2v) is 9.45. The van der Waals surface area contributed by atoms with Gasteiger partial charge in [0.1, 0.15) is 22.8 Å². The van der Waals surface area contributed by atoms with Crippen LogP contribution in [0.3, 0.4) is 0 Å². The molecule has 0 aliphatic carbocycles. The summed E-state index contributed by atoms with van der Waals surface area (Å²) in [6.45, 7) is 6.06. The molecule has 0 radical (unpaired) electrons. The number of hydrogen-bond acceptors (Lipinski definition) is 5. The Bertz CT molecular complexity index is 1190.